The van der Waals surface area contributed by atoms with Crippen LogP contribution >= 0.6 is 0 Å². The number of benzene rings is 2. The molecule has 0 radical (unpaired) electrons. The summed E-state index contributed by atoms with van der Waals surface area (Å²) in [5.74, 6) is -0.600. The molecule has 3 atom stereocenters. The molecule has 5 nitrogen and oxygen atoms in total. The molecule has 1 aliphatic rings. The zero-order valence-corrected chi connectivity index (χ0v) is 15.8. The van der Waals surface area contributed by atoms with Crippen molar-refractivity contribution in [1.29, 1.82) is 0 Å². The van der Waals surface area contributed by atoms with E-state index in [1.807, 2.05) is 30.3 Å². The Labute approximate surface area is 166 Å². The maximum atomic E-state index is 12.7. The molecule has 2 aromatic rings. The second-order valence-corrected chi connectivity index (χ2v) is 7.08. The van der Waals surface area contributed by atoms with E-state index in [0.717, 1.165) is 17.7 Å². The smallest absolute Gasteiger partial charge is 0.348 e. The van der Waals surface area contributed by atoms with Crippen LogP contribution in [0.3, 0.4) is 0 Å². The summed E-state index contributed by atoms with van der Waals surface area (Å²) in [6.45, 7) is 1.69. The van der Waals surface area contributed by atoms with Gasteiger partial charge in [-0.15, -0.1) is 0 Å². The second-order valence-electron chi connectivity index (χ2n) is 7.08. The van der Waals surface area contributed by atoms with E-state index in [-0.39, 0.29) is 24.4 Å². The summed E-state index contributed by atoms with van der Waals surface area (Å²) in [7, 11) is 0. The van der Waals surface area contributed by atoms with Gasteiger partial charge in [-0.3, -0.25) is 14.9 Å². The maximum Gasteiger partial charge on any atom is 0.416 e. The molecule has 1 aliphatic heterocycles. The van der Waals surface area contributed by atoms with Crippen LogP contribution in [0.2, 0.25) is 0 Å². The average Bonchev–Trinajstić information content (AvgIpc) is 2.67. The topological polar surface area (TPSA) is 70.2 Å². The van der Waals surface area contributed by atoms with Crippen LogP contribution in [-0.2, 0) is 22.2 Å². The zero-order valence-electron chi connectivity index (χ0n) is 15.8. The number of hydrogen-bond donors (Lipinski definition) is 3. The van der Waals surface area contributed by atoms with Crippen LogP contribution in [-0.4, -0.2) is 24.0 Å². The van der Waals surface area contributed by atoms with E-state index in [0.29, 0.717) is 12.0 Å². The fourth-order valence-electron chi connectivity index (χ4n) is 3.27. The Hall–Kier alpha value is -2.87. The highest BCUT2D eigenvalue weighted by Gasteiger charge is 2.32. The summed E-state index contributed by atoms with van der Waals surface area (Å²) >= 11 is 0. The van der Waals surface area contributed by atoms with Crippen molar-refractivity contribution in [3.8, 4) is 0 Å². The third-order valence-corrected chi connectivity index (χ3v) is 4.82. The van der Waals surface area contributed by atoms with Crippen LogP contribution in [0.5, 0.6) is 0 Å². The van der Waals surface area contributed by atoms with Crippen LogP contribution in [0, 0.1) is 0 Å². The van der Waals surface area contributed by atoms with E-state index in [1.165, 1.54) is 12.1 Å². The molecule has 1 heterocycles. The minimum atomic E-state index is -4.40. The van der Waals surface area contributed by atoms with Crippen molar-refractivity contribution in [3.05, 3.63) is 71.3 Å². The van der Waals surface area contributed by atoms with Crippen molar-refractivity contribution in [2.75, 3.05) is 0 Å². The molecule has 2 aromatic carbocycles. The van der Waals surface area contributed by atoms with Crippen molar-refractivity contribution < 1.29 is 22.8 Å². The molecule has 0 saturated carbocycles. The Kier molecular flexibility index (Phi) is 6.22. The fourth-order valence-corrected chi connectivity index (χ4v) is 3.27. The SMILES string of the molecule is C[C@@H](NC(=O)C1CC(=O)NC(Cc2ccccc2)N1)c1ccc(C(F)(F)F)cc1. The van der Waals surface area contributed by atoms with Crippen molar-refractivity contribution in [1.82, 2.24) is 16.0 Å². The van der Waals surface area contributed by atoms with E-state index in [1.54, 1.807) is 6.92 Å². The number of rotatable bonds is 5. The first-order chi connectivity index (χ1) is 13.7. The molecular formula is C21H22F3N3O2. The minimum absolute atomic E-state index is 0.00312. The molecule has 1 fully saturated rings. The molecule has 29 heavy (non-hydrogen) atoms. The highest BCUT2D eigenvalue weighted by molar-refractivity contribution is 5.89. The lowest BCUT2D eigenvalue weighted by Crippen LogP contribution is -2.61. The number of alkyl halides is 3. The van der Waals surface area contributed by atoms with E-state index < -0.39 is 23.8 Å². The minimum Gasteiger partial charge on any atom is -0.348 e. The molecule has 3 rings (SSSR count). The molecule has 2 unspecified atom stereocenters. The summed E-state index contributed by atoms with van der Waals surface area (Å²) in [5.41, 5.74) is 0.825. The van der Waals surface area contributed by atoms with E-state index in [2.05, 4.69) is 16.0 Å². The highest BCUT2D eigenvalue weighted by atomic mass is 19.4. The normalized spacial score (nSPS) is 20.6. The van der Waals surface area contributed by atoms with Gasteiger partial charge in [0.05, 0.1) is 30.2 Å². The third-order valence-electron chi connectivity index (χ3n) is 4.82. The molecule has 3 N–H and O–H groups in total. The standard InChI is InChI=1S/C21H22F3N3O2/c1-13(15-7-9-16(10-8-15)21(22,23)24)25-20(29)17-12-19(28)27-18(26-17)11-14-5-3-2-4-6-14/h2-10,13,17-18,26H,11-12H2,1H3,(H,25,29)(H,27,28)/t13-,17?,18?/m1/s1. The molecular weight excluding hydrogens is 383 g/mol. The summed E-state index contributed by atoms with van der Waals surface area (Å²) in [5, 5.41) is 8.71. The molecule has 0 spiro atoms. The van der Waals surface area contributed by atoms with Gasteiger partial charge >= 0.3 is 6.18 Å². The number of carbonyl (C=O) groups excluding carboxylic acids is 2. The van der Waals surface area contributed by atoms with E-state index in [4.69, 9.17) is 0 Å². The molecule has 0 bridgehead atoms. The number of hydrogen-bond acceptors (Lipinski definition) is 3. The maximum absolute atomic E-state index is 12.7. The van der Waals surface area contributed by atoms with Crippen LogP contribution in [0.4, 0.5) is 13.2 Å². The number of halogens is 3. The first-order valence-corrected chi connectivity index (χ1v) is 9.29. The van der Waals surface area contributed by atoms with Crippen molar-refractivity contribution >= 4 is 11.8 Å². The van der Waals surface area contributed by atoms with Crippen LogP contribution in [0.1, 0.15) is 36.1 Å². The first kappa shape index (κ1) is 20.9. The molecule has 2 amide bonds. The summed E-state index contributed by atoms with van der Waals surface area (Å²) in [6.07, 6.45) is -4.25. The molecule has 0 aromatic heterocycles. The van der Waals surface area contributed by atoms with Gasteiger partial charge in [-0.25, -0.2) is 0 Å². The predicted molar refractivity (Wildman–Crippen MR) is 102 cm³/mol. The Morgan fingerprint density at radius 1 is 1.14 bits per heavy atom. The summed E-state index contributed by atoms with van der Waals surface area (Å²) in [4.78, 5) is 24.6. The van der Waals surface area contributed by atoms with E-state index >= 15 is 0 Å². The van der Waals surface area contributed by atoms with Crippen LogP contribution < -0.4 is 16.0 Å². The van der Waals surface area contributed by atoms with E-state index in [9.17, 15) is 22.8 Å². The highest BCUT2D eigenvalue weighted by Crippen LogP contribution is 2.29. The fraction of sp³-hybridized carbons (Fsp3) is 0.333. The average molecular weight is 405 g/mol. The Morgan fingerprint density at radius 3 is 2.41 bits per heavy atom. The molecule has 0 aliphatic carbocycles. The molecule has 8 heteroatoms. The molecule has 154 valence electrons. The van der Waals surface area contributed by atoms with Gasteiger partial charge in [-0.1, -0.05) is 42.5 Å². The lowest BCUT2D eigenvalue weighted by molar-refractivity contribution is -0.137. The quantitative estimate of drug-likeness (QED) is 0.717. The monoisotopic (exact) mass is 405 g/mol. The largest absolute Gasteiger partial charge is 0.416 e. The van der Waals surface area contributed by atoms with Crippen LogP contribution in [0.15, 0.2) is 54.6 Å². The Balaban J connectivity index is 1.60. The first-order valence-electron chi connectivity index (χ1n) is 9.29. The van der Waals surface area contributed by atoms with Gasteiger partial charge in [0.25, 0.3) is 0 Å². The Bertz CT molecular complexity index is 854. The second kappa shape index (κ2) is 8.65. The van der Waals surface area contributed by atoms with Gasteiger partial charge in [-0.05, 0) is 30.2 Å². The summed E-state index contributed by atoms with van der Waals surface area (Å²) in [6, 6.07) is 13.0. The van der Waals surface area contributed by atoms with Crippen molar-refractivity contribution in [3.63, 3.8) is 0 Å². The Morgan fingerprint density at radius 2 is 1.79 bits per heavy atom. The number of carbonyl (C=O) groups is 2. The zero-order chi connectivity index (χ0) is 21.0. The summed E-state index contributed by atoms with van der Waals surface area (Å²) < 4.78 is 38.1. The van der Waals surface area contributed by atoms with Crippen molar-refractivity contribution in [2.24, 2.45) is 0 Å². The van der Waals surface area contributed by atoms with Gasteiger partial charge in [0, 0.05) is 6.42 Å². The predicted octanol–water partition coefficient (Wildman–Crippen LogP) is 2.93. The van der Waals surface area contributed by atoms with Gasteiger partial charge in [0.15, 0.2) is 0 Å². The van der Waals surface area contributed by atoms with Gasteiger partial charge in [0.1, 0.15) is 0 Å². The van der Waals surface area contributed by atoms with Crippen LogP contribution in [0.25, 0.3) is 0 Å². The third kappa shape index (κ3) is 5.57. The molecule has 1 saturated heterocycles. The van der Waals surface area contributed by atoms with Gasteiger partial charge in [0.2, 0.25) is 11.8 Å². The van der Waals surface area contributed by atoms with Gasteiger partial charge < -0.3 is 10.6 Å². The lowest BCUT2D eigenvalue weighted by Gasteiger charge is -2.31. The number of nitrogens with one attached hydrogen (secondary N) is 3. The van der Waals surface area contributed by atoms with Crippen molar-refractivity contribution in [2.45, 2.75) is 44.2 Å². The van der Waals surface area contributed by atoms with Gasteiger partial charge in [-0.2, -0.15) is 13.2 Å². The lowest BCUT2D eigenvalue weighted by atomic mass is 10.0. The number of amides is 2.